The summed E-state index contributed by atoms with van der Waals surface area (Å²) in [6, 6.07) is 3.49. The number of carbonyl (C=O) groups excluding carboxylic acids is 1. The molecule has 1 heterocycles. The number of anilines is 1. The maximum absolute atomic E-state index is 12.6. The molecule has 1 aliphatic heterocycles. The second-order valence-electron chi connectivity index (χ2n) is 4.14. The zero-order valence-corrected chi connectivity index (χ0v) is 9.63. The number of hydrogen-bond donors (Lipinski definition) is 0. The quantitative estimate of drug-likeness (QED) is 0.706. The summed E-state index contributed by atoms with van der Waals surface area (Å²) in [4.78, 5) is 13.1. The molecule has 0 aromatic heterocycles. The molecule has 96 valence electrons. The van der Waals surface area contributed by atoms with Crippen molar-refractivity contribution < 1.29 is 18.0 Å². The van der Waals surface area contributed by atoms with E-state index in [-0.39, 0.29) is 5.91 Å². The molecule has 0 N–H and O–H groups in total. The van der Waals surface area contributed by atoms with Crippen LogP contribution in [0.3, 0.4) is 0 Å². The van der Waals surface area contributed by atoms with Gasteiger partial charge in [0.05, 0.1) is 5.56 Å². The van der Waals surface area contributed by atoms with Crippen molar-refractivity contribution in [2.24, 2.45) is 0 Å². The Balaban J connectivity index is 2.42. The molecule has 0 radical (unpaired) electrons. The summed E-state index contributed by atoms with van der Waals surface area (Å²) in [5, 5.41) is 0. The normalized spacial score (nSPS) is 15.2. The Bertz CT molecular complexity index is 493. The molecule has 1 amide bonds. The van der Waals surface area contributed by atoms with E-state index in [0.29, 0.717) is 30.6 Å². The van der Waals surface area contributed by atoms with Gasteiger partial charge in [-0.05, 0) is 42.7 Å². The van der Waals surface area contributed by atoms with Crippen LogP contribution in [-0.2, 0) is 17.4 Å². The summed E-state index contributed by atoms with van der Waals surface area (Å²) in [5.74, 6) is -0.282. The molecule has 1 aromatic rings. The third-order valence-corrected chi connectivity index (χ3v) is 2.97. The molecule has 18 heavy (non-hydrogen) atoms. The predicted octanol–water partition coefficient (Wildman–Crippen LogP) is 3.17. The minimum Gasteiger partial charge on any atom is -0.309 e. The molecule has 5 heteroatoms. The van der Waals surface area contributed by atoms with E-state index in [1.54, 1.807) is 0 Å². The van der Waals surface area contributed by atoms with Crippen molar-refractivity contribution in [1.82, 2.24) is 0 Å². The fraction of sp³-hybridized carbons (Fsp3) is 0.308. The van der Waals surface area contributed by atoms with Gasteiger partial charge in [0.2, 0.25) is 5.91 Å². The van der Waals surface area contributed by atoms with Gasteiger partial charge in [-0.25, -0.2) is 0 Å². The molecule has 0 spiro atoms. The Morgan fingerprint density at radius 3 is 2.72 bits per heavy atom. The Morgan fingerprint density at radius 2 is 2.11 bits per heavy atom. The number of halogens is 3. The number of fused-ring (bicyclic) bond motifs is 1. The summed E-state index contributed by atoms with van der Waals surface area (Å²) in [5.41, 5.74) is 0.444. The van der Waals surface area contributed by atoms with E-state index in [1.807, 2.05) is 0 Å². The standard InChI is InChI=1S/C13H12F3NO/c1-2-12(18)17-7-3-4-9-8-10(13(14,15)16)5-6-11(9)17/h2,5-6,8H,1,3-4,7H2. The van der Waals surface area contributed by atoms with Crippen LogP contribution < -0.4 is 4.90 Å². The molecule has 1 aliphatic rings. The van der Waals surface area contributed by atoms with Crippen molar-refractivity contribution in [3.8, 4) is 0 Å². The van der Waals surface area contributed by atoms with Crippen LogP contribution in [0.5, 0.6) is 0 Å². The second kappa shape index (κ2) is 4.48. The molecule has 0 atom stereocenters. The first-order valence-corrected chi connectivity index (χ1v) is 5.57. The van der Waals surface area contributed by atoms with Gasteiger partial charge in [-0.15, -0.1) is 0 Å². The lowest BCUT2D eigenvalue weighted by molar-refractivity contribution is -0.137. The molecule has 2 rings (SSSR count). The van der Waals surface area contributed by atoms with Crippen LogP contribution in [0.15, 0.2) is 30.9 Å². The maximum Gasteiger partial charge on any atom is 0.416 e. The van der Waals surface area contributed by atoms with Crippen molar-refractivity contribution in [3.63, 3.8) is 0 Å². The van der Waals surface area contributed by atoms with Crippen molar-refractivity contribution in [2.45, 2.75) is 19.0 Å². The Hall–Kier alpha value is -1.78. The smallest absolute Gasteiger partial charge is 0.309 e. The van der Waals surface area contributed by atoms with Crippen LogP contribution in [0.2, 0.25) is 0 Å². The first-order chi connectivity index (χ1) is 8.43. The number of aryl methyl sites for hydroxylation is 1. The predicted molar refractivity (Wildman–Crippen MR) is 62.3 cm³/mol. The molecular formula is C13H12F3NO. The molecule has 0 fully saturated rings. The second-order valence-corrected chi connectivity index (χ2v) is 4.14. The van der Waals surface area contributed by atoms with Gasteiger partial charge in [-0.3, -0.25) is 4.79 Å². The average Bonchev–Trinajstić information content (AvgIpc) is 2.35. The SMILES string of the molecule is C=CC(=O)N1CCCc2cc(C(F)(F)F)ccc21. The lowest BCUT2D eigenvalue weighted by Gasteiger charge is -2.29. The highest BCUT2D eigenvalue weighted by molar-refractivity contribution is 6.01. The van der Waals surface area contributed by atoms with E-state index >= 15 is 0 Å². The van der Waals surface area contributed by atoms with Crippen LogP contribution in [0, 0.1) is 0 Å². The van der Waals surface area contributed by atoms with Gasteiger partial charge in [0.1, 0.15) is 0 Å². The highest BCUT2D eigenvalue weighted by Crippen LogP contribution is 2.35. The van der Waals surface area contributed by atoms with Crippen LogP contribution in [0.4, 0.5) is 18.9 Å². The fourth-order valence-corrected chi connectivity index (χ4v) is 2.11. The Morgan fingerprint density at radius 1 is 1.39 bits per heavy atom. The summed E-state index contributed by atoms with van der Waals surface area (Å²) in [6.07, 6.45) is -1.96. The van der Waals surface area contributed by atoms with E-state index in [9.17, 15) is 18.0 Å². The molecule has 0 bridgehead atoms. The van der Waals surface area contributed by atoms with Crippen LogP contribution >= 0.6 is 0 Å². The summed E-state index contributed by atoms with van der Waals surface area (Å²) < 4.78 is 37.7. The van der Waals surface area contributed by atoms with Gasteiger partial charge in [0.25, 0.3) is 0 Å². The maximum atomic E-state index is 12.6. The molecule has 0 saturated carbocycles. The first kappa shape index (κ1) is 12.7. The first-order valence-electron chi connectivity index (χ1n) is 5.57. The molecular weight excluding hydrogens is 243 g/mol. The lowest BCUT2D eigenvalue weighted by Crippen LogP contribution is -2.34. The number of benzene rings is 1. The molecule has 0 unspecified atom stereocenters. The summed E-state index contributed by atoms with van der Waals surface area (Å²) in [7, 11) is 0. The number of carbonyl (C=O) groups is 1. The number of rotatable bonds is 1. The molecule has 2 nitrogen and oxygen atoms in total. The number of amides is 1. The van der Waals surface area contributed by atoms with Crippen molar-refractivity contribution in [2.75, 3.05) is 11.4 Å². The fourth-order valence-electron chi connectivity index (χ4n) is 2.11. The summed E-state index contributed by atoms with van der Waals surface area (Å²) in [6.45, 7) is 3.91. The molecule has 0 aliphatic carbocycles. The van der Waals surface area contributed by atoms with Gasteiger partial charge >= 0.3 is 6.18 Å². The van der Waals surface area contributed by atoms with E-state index in [1.165, 1.54) is 17.0 Å². The minimum atomic E-state index is -4.35. The highest BCUT2D eigenvalue weighted by atomic mass is 19.4. The van der Waals surface area contributed by atoms with Crippen molar-refractivity contribution in [1.29, 1.82) is 0 Å². The van der Waals surface area contributed by atoms with E-state index in [0.717, 1.165) is 12.1 Å². The van der Waals surface area contributed by atoms with Crippen LogP contribution in [0.25, 0.3) is 0 Å². The third-order valence-electron chi connectivity index (χ3n) is 2.97. The third kappa shape index (κ3) is 2.25. The Labute approximate surface area is 103 Å². The number of hydrogen-bond acceptors (Lipinski definition) is 1. The van der Waals surface area contributed by atoms with E-state index in [4.69, 9.17) is 0 Å². The van der Waals surface area contributed by atoms with Gasteiger partial charge in [-0.1, -0.05) is 6.58 Å². The van der Waals surface area contributed by atoms with Gasteiger partial charge in [0.15, 0.2) is 0 Å². The average molecular weight is 255 g/mol. The van der Waals surface area contributed by atoms with Gasteiger partial charge < -0.3 is 4.90 Å². The van der Waals surface area contributed by atoms with E-state index < -0.39 is 11.7 Å². The van der Waals surface area contributed by atoms with Crippen LogP contribution in [-0.4, -0.2) is 12.5 Å². The molecule has 1 aromatic carbocycles. The van der Waals surface area contributed by atoms with Gasteiger partial charge in [-0.2, -0.15) is 13.2 Å². The lowest BCUT2D eigenvalue weighted by atomic mass is 9.99. The zero-order chi connectivity index (χ0) is 13.3. The van der Waals surface area contributed by atoms with Crippen LogP contribution in [0.1, 0.15) is 17.5 Å². The molecule has 0 saturated heterocycles. The topological polar surface area (TPSA) is 20.3 Å². The van der Waals surface area contributed by atoms with Gasteiger partial charge in [0, 0.05) is 12.2 Å². The van der Waals surface area contributed by atoms with Crippen molar-refractivity contribution in [3.05, 3.63) is 42.0 Å². The monoisotopic (exact) mass is 255 g/mol. The number of alkyl halides is 3. The Kier molecular flexibility index (Phi) is 3.15. The zero-order valence-electron chi connectivity index (χ0n) is 9.63. The van der Waals surface area contributed by atoms with E-state index in [2.05, 4.69) is 6.58 Å². The highest BCUT2D eigenvalue weighted by Gasteiger charge is 2.32. The summed E-state index contributed by atoms with van der Waals surface area (Å²) >= 11 is 0. The largest absolute Gasteiger partial charge is 0.416 e. The number of nitrogens with zero attached hydrogens (tertiary/aromatic N) is 1. The van der Waals surface area contributed by atoms with Crippen molar-refractivity contribution >= 4 is 11.6 Å². The minimum absolute atomic E-state index is 0.282.